The highest BCUT2D eigenvalue weighted by molar-refractivity contribution is 5.98. The van der Waals surface area contributed by atoms with Crippen molar-refractivity contribution < 1.29 is 14.0 Å². The number of amides is 2. The number of nitrogens with two attached hydrogens (primary N) is 1. The molecule has 1 saturated heterocycles. The molecule has 0 aromatic heterocycles. The molecule has 0 bridgehead atoms. The molecule has 1 aliphatic carbocycles. The standard InChI is InChI=1S/C23H26FN3O2/c24-17-9-10-21(20(15-17)22(25)28)26-11-13-27(14-12-26)23(29)19-8-4-7-18(19)16-5-2-1-3-6-16/h1-3,5-6,9-10,15,18-19H,4,7-8,11-14H2,(H2,25,28). The predicted molar refractivity (Wildman–Crippen MR) is 110 cm³/mol. The Morgan fingerprint density at radius 1 is 0.966 bits per heavy atom. The molecule has 1 saturated carbocycles. The molecule has 2 aromatic rings. The lowest BCUT2D eigenvalue weighted by molar-refractivity contribution is -0.136. The van der Waals surface area contributed by atoms with Crippen molar-refractivity contribution in [3.63, 3.8) is 0 Å². The summed E-state index contributed by atoms with van der Waals surface area (Å²) in [6.45, 7) is 2.37. The molecule has 2 fully saturated rings. The maximum Gasteiger partial charge on any atom is 0.250 e. The van der Waals surface area contributed by atoms with Crippen molar-refractivity contribution >= 4 is 17.5 Å². The van der Waals surface area contributed by atoms with Crippen LogP contribution in [0.1, 0.15) is 41.1 Å². The van der Waals surface area contributed by atoms with E-state index in [1.807, 2.05) is 28.0 Å². The topological polar surface area (TPSA) is 66.6 Å². The van der Waals surface area contributed by atoms with Gasteiger partial charge in [0.2, 0.25) is 5.91 Å². The van der Waals surface area contributed by atoms with Crippen LogP contribution < -0.4 is 10.6 Å². The third-order valence-corrected chi connectivity index (χ3v) is 6.22. The normalized spacial score (nSPS) is 22.0. The second-order valence-corrected chi connectivity index (χ2v) is 7.89. The Morgan fingerprint density at radius 3 is 2.38 bits per heavy atom. The first kappa shape index (κ1) is 19.4. The van der Waals surface area contributed by atoms with E-state index < -0.39 is 11.7 Å². The molecule has 152 valence electrons. The summed E-state index contributed by atoms with van der Waals surface area (Å²) in [4.78, 5) is 28.9. The molecule has 6 heteroatoms. The van der Waals surface area contributed by atoms with Gasteiger partial charge in [-0.3, -0.25) is 9.59 Å². The van der Waals surface area contributed by atoms with Gasteiger partial charge in [0.05, 0.1) is 5.56 Å². The molecule has 2 aromatic carbocycles. The zero-order valence-electron chi connectivity index (χ0n) is 16.4. The van der Waals surface area contributed by atoms with E-state index in [4.69, 9.17) is 5.73 Å². The maximum atomic E-state index is 13.5. The first-order valence-electron chi connectivity index (χ1n) is 10.2. The number of anilines is 1. The summed E-state index contributed by atoms with van der Waals surface area (Å²) in [6, 6.07) is 14.4. The molecule has 29 heavy (non-hydrogen) atoms. The second-order valence-electron chi connectivity index (χ2n) is 7.89. The lowest BCUT2D eigenvalue weighted by atomic mass is 9.88. The van der Waals surface area contributed by atoms with Crippen LogP contribution in [0.15, 0.2) is 48.5 Å². The Morgan fingerprint density at radius 2 is 1.69 bits per heavy atom. The van der Waals surface area contributed by atoms with Gasteiger partial charge in [-0.25, -0.2) is 4.39 Å². The van der Waals surface area contributed by atoms with E-state index in [2.05, 4.69) is 12.1 Å². The van der Waals surface area contributed by atoms with E-state index >= 15 is 0 Å². The van der Waals surface area contributed by atoms with Crippen molar-refractivity contribution in [1.29, 1.82) is 0 Å². The van der Waals surface area contributed by atoms with Crippen LogP contribution in [0.25, 0.3) is 0 Å². The number of halogens is 1. The van der Waals surface area contributed by atoms with Crippen LogP contribution in [0.4, 0.5) is 10.1 Å². The Kier molecular flexibility index (Phi) is 5.51. The van der Waals surface area contributed by atoms with E-state index in [0.717, 1.165) is 19.3 Å². The Labute approximate surface area is 170 Å². The largest absolute Gasteiger partial charge is 0.367 e. The molecule has 2 amide bonds. The summed E-state index contributed by atoms with van der Waals surface area (Å²) < 4.78 is 13.5. The number of rotatable bonds is 4. The van der Waals surface area contributed by atoms with Gasteiger partial charge < -0.3 is 15.5 Å². The van der Waals surface area contributed by atoms with Crippen LogP contribution in [0.2, 0.25) is 0 Å². The molecular weight excluding hydrogens is 369 g/mol. The Hall–Kier alpha value is -2.89. The average Bonchev–Trinajstić information content (AvgIpc) is 3.24. The summed E-state index contributed by atoms with van der Waals surface area (Å²) in [6.07, 6.45) is 3.06. The van der Waals surface area contributed by atoms with E-state index in [9.17, 15) is 14.0 Å². The Bertz CT molecular complexity index is 894. The van der Waals surface area contributed by atoms with Gasteiger partial charge in [-0.15, -0.1) is 0 Å². The third-order valence-electron chi connectivity index (χ3n) is 6.22. The molecule has 5 nitrogen and oxygen atoms in total. The summed E-state index contributed by atoms with van der Waals surface area (Å²) >= 11 is 0. The monoisotopic (exact) mass is 395 g/mol. The highest BCUT2D eigenvalue weighted by Crippen LogP contribution is 2.40. The van der Waals surface area contributed by atoms with Crippen molar-refractivity contribution in [3.8, 4) is 0 Å². The number of hydrogen-bond acceptors (Lipinski definition) is 3. The zero-order chi connectivity index (χ0) is 20.4. The van der Waals surface area contributed by atoms with Gasteiger partial charge in [0.25, 0.3) is 5.91 Å². The van der Waals surface area contributed by atoms with Gasteiger partial charge in [-0.05, 0) is 42.5 Å². The molecule has 2 atom stereocenters. The highest BCUT2D eigenvalue weighted by Gasteiger charge is 2.37. The smallest absolute Gasteiger partial charge is 0.250 e. The molecule has 4 rings (SSSR count). The number of carbonyl (C=O) groups is 2. The number of carbonyl (C=O) groups excluding carboxylic acids is 2. The number of primary amides is 1. The highest BCUT2D eigenvalue weighted by atomic mass is 19.1. The summed E-state index contributed by atoms with van der Waals surface area (Å²) in [7, 11) is 0. The average molecular weight is 395 g/mol. The molecule has 2 unspecified atom stereocenters. The van der Waals surface area contributed by atoms with Gasteiger partial charge in [0.15, 0.2) is 0 Å². The van der Waals surface area contributed by atoms with E-state index in [1.54, 1.807) is 6.07 Å². The lowest BCUT2D eigenvalue weighted by Crippen LogP contribution is -2.51. The van der Waals surface area contributed by atoms with Crippen LogP contribution in [0.3, 0.4) is 0 Å². The minimum atomic E-state index is -0.644. The van der Waals surface area contributed by atoms with Gasteiger partial charge >= 0.3 is 0 Å². The van der Waals surface area contributed by atoms with Crippen LogP contribution in [-0.2, 0) is 4.79 Å². The number of nitrogens with zero attached hydrogens (tertiary/aromatic N) is 2. The molecule has 1 heterocycles. The minimum absolute atomic E-state index is 0.0379. The van der Waals surface area contributed by atoms with E-state index in [1.165, 1.54) is 17.7 Å². The minimum Gasteiger partial charge on any atom is -0.367 e. The van der Waals surface area contributed by atoms with Gasteiger partial charge in [0.1, 0.15) is 5.82 Å². The number of benzene rings is 2. The maximum absolute atomic E-state index is 13.5. The fourth-order valence-electron chi connectivity index (χ4n) is 4.74. The van der Waals surface area contributed by atoms with Crippen molar-refractivity contribution in [3.05, 3.63) is 65.5 Å². The molecule has 1 aliphatic heterocycles. The summed E-state index contributed by atoms with van der Waals surface area (Å²) in [5, 5.41) is 0. The first-order valence-corrected chi connectivity index (χ1v) is 10.2. The summed E-state index contributed by atoms with van der Waals surface area (Å²) in [5.41, 5.74) is 7.49. The van der Waals surface area contributed by atoms with Gasteiger partial charge in [0, 0.05) is 37.8 Å². The number of piperazine rings is 1. The fraction of sp³-hybridized carbons (Fsp3) is 0.391. The van der Waals surface area contributed by atoms with E-state index in [0.29, 0.717) is 37.8 Å². The number of hydrogen-bond donors (Lipinski definition) is 1. The van der Waals surface area contributed by atoms with Crippen LogP contribution in [0, 0.1) is 11.7 Å². The van der Waals surface area contributed by atoms with Gasteiger partial charge in [-0.2, -0.15) is 0 Å². The summed E-state index contributed by atoms with van der Waals surface area (Å²) in [5.74, 6) is -0.569. The predicted octanol–water partition coefficient (Wildman–Crippen LogP) is 3.16. The van der Waals surface area contributed by atoms with Crippen LogP contribution >= 0.6 is 0 Å². The zero-order valence-corrected chi connectivity index (χ0v) is 16.4. The van der Waals surface area contributed by atoms with E-state index in [-0.39, 0.29) is 17.4 Å². The van der Waals surface area contributed by atoms with Crippen molar-refractivity contribution in [2.75, 3.05) is 31.1 Å². The molecule has 0 radical (unpaired) electrons. The van der Waals surface area contributed by atoms with Crippen LogP contribution in [0.5, 0.6) is 0 Å². The molecule has 0 spiro atoms. The molecule has 2 aliphatic rings. The Balaban J connectivity index is 1.43. The molecular formula is C23H26FN3O2. The van der Waals surface area contributed by atoms with Crippen molar-refractivity contribution in [1.82, 2.24) is 4.90 Å². The molecule has 2 N–H and O–H groups in total. The van der Waals surface area contributed by atoms with Crippen LogP contribution in [-0.4, -0.2) is 42.9 Å². The SMILES string of the molecule is NC(=O)c1cc(F)ccc1N1CCN(C(=O)C2CCCC2c2ccccc2)CC1. The van der Waals surface area contributed by atoms with Gasteiger partial charge in [-0.1, -0.05) is 36.8 Å². The lowest BCUT2D eigenvalue weighted by Gasteiger charge is -2.38. The first-order chi connectivity index (χ1) is 14.0. The fourth-order valence-corrected chi connectivity index (χ4v) is 4.74. The van der Waals surface area contributed by atoms with Crippen molar-refractivity contribution in [2.45, 2.75) is 25.2 Å². The third kappa shape index (κ3) is 3.97. The van der Waals surface area contributed by atoms with Crippen molar-refractivity contribution in [2.24, 2.45) is 11.7 Å². The quantitative estimate of drug-likeness (QED) is 0.865. The second kappa shape index (κ2) is 8.23.